The van der Waals surface area contributed by atoms with Crippen LogP contribution in [0, 0.1) is 5.92 Å². The molecule has 0 aromatic carbocycles. The third-order valence-corrected chi connectivity index (χ3v) is 3.63. The zero-order valence-corrected chi connectivity index (χ0v) is 10.5. The van der Waals surface area contributed by atoms with E-state index in [2.05, 4.69) is 27.7 Å². The van der Waals surface area contributed by atoms with Gasteiger partial charge in [0, 0.05) is 32.4 Å². The summed E-state index contributed by atoms with van der Waals surface area (Å²) in [4.78, 5) is 4.53. The number of nitrogens with zero attached hydrogens (tertiary/aromatic N) is 2. The average molecular weight is 245 g/mol. The molecule has 1 unspecified atom stereocenters. The number of rotatable bonds is 3. The summed E-state index contributed by atoms with van der Waals surface area (Å²) in [5.41, 5.74) is 7.93. The van der Waals surface area contributed by atoms with Crippen LogP contribution in [0.15, 0.2) is 24.5 Å². The van der Waals surface area contributed by atoms with Gasteiger partial charge in [-0.1, -0.05) is 0 Å². The number of fused-ring (bicyclic) bond motifs is 1. The van der Waals surface area contributed by atoms with Gasteiger partial charge in [-0.05, 0) is 36.5 Å². The highest BCUT2D eigenvalue weighted by molar-refractivity contribution is 5.48. The van der Waals surface area contributed by atoms with Crippen LogP contribution >= 0.6 is 0 Å². The van der Waals surface area contributed by atoms with Gasteiger partial charge in [-0.3, -0.25) is 0 Å². The van der Waals surface area contributed by atoms with Crippen LogP contribution < -0.4 is 5.73 Å². The van der Waals surface area contributed by atoms with E-state index in [0.29, 0.717) is 12.5 Å². The van der Waals surface area contributed by atoms with Gasteiger partial charge in [0.1, 0.15) is 5.82 Å². The smallest absolute Gasteiger partial charge is 0.113 e. The lowest BCUT2D eigenvalue weighted by Gasteiger charge is -2.21. The third-order valence-electron chi connectivity index (χ3n) is 3.63. The summed E-state index contributed by atoms with van der Waals surface area (Å²) in [6.07, 6.45) is 7.42. The molecule has 1 atom stereocenters. The first-order valence-electron chi connectivity index (χ1n) is 6.59. The molecule has 1 aliphatic heterocycles. The molecule has 0 bridgehead atoms. The van der Waals surface area contributed by atoms with Crippen LogP contribution in [0.2, 0.25) is 0 Å². The summed E-state index contributed by atoms with van der Waals surface area (Å²) in [6, 6.07) is 4.17. The van der Waals surface area contributed by atoms with Crippen molar-refractivity contribution in [2.75, 3.05) is 13.2 Å². The molecule has 1 saturated heterocycles. The van der Waals surface area contributed by atoms with Gasteiger partial charge < -0.3 is 14.9 Å². The van der Waals surface area contributed by atoms with Crippen molar-refractivity contribution in [3.8, 4) is 0 Å². The molecule has 0 radical (unpaired) electrons. The Hall–Kier alpha value is -1.39. The van der Waals surface area contributed by atoms with Gasteiger partial charge in [-0.2, -0.15) is 0 Å². The Balaban J connectivity index is 1.83. The molecule has 4 nitrogen and oxygen atoms in total. The summed E-state index contributed by atoms with van der Waals surface area (Å²) in [5, 5.41) is 0. The number of hydrogen-bond donors (Lipinski definition) is 1. The molecule has 0 amide bonds. The van der Waals surface area contributed by atoms with E-state index in [9.17, 15) is 0 Å². The lowest BCUT2D eigenvalue weighted by atomic mass is 9.98. The van der Waals surface area contributed by atoms with E-state index in [1.165, 1.54) is 12.8 Å². The molecule has 3 heterocycles. The van der Waals surface area contributed by atoms with Gasteiger partial charge >= 0.3 is 0 Å². The fourth-order valence-corrected chi connectivity index (χ4v) is 2.61. The number of ether oxygens (including phenoxy) is 1. The first-order valence-corrected chi connectivity index (χ1v) is 6.59. The van der Waals surface area contributed by atoms with Crippen molar-refractivity contribution in [2.45, 2.75) is 25.8 Å². The topological polar surface area (TPSA) is 52.5 Å². The number of aromatic nitrogens is 2. The maximum absolute atomic E-state index is 5.65. The van der Waals surface area contributed by atoms with Crippen molar-refractivity contribution in [1.82, 2.24) is 9.38 Å². The Morgan fingerprint density at radius 3 is 3.22 bits per heavy atom. The lowest BCUT2D eigenvalue weighted by molar-refractivity contribution is 0.0542. The first kappa shape index (κ1) is 11.7. The highest BCUT2D eigenvalue weighted by atomic mass is 16.5. The van der Waals surface area contributed by atoms with E-state index in [4.69, 9.17) is 10.5 Å². The molecule has 18 heavy (non-hydrogen) atoms. The molecule has 0 aliphatic carbocycles. The molecular weight excluding hydrogens is 226 g/mol. The number of imidazole rings is 1. The van der Waals surface area contributed by atoms with Crippen LogP contribution in [0.4, 0.5) is 0 Å². The zero-order valence-electron chi connectivity index (χ0n) is 10.5. The average Bonchev–Trinajstić information content (AvgIpc) is 2.82. The minimum Gasteiger partial charge on any atom is -0.381 e. The van der Waals surface area contributed by atoms with E-state index in [1.807, 2.05) is 6.20 Å². The minimum atomic E-state index is 0.577. The van der Waals surface area contributed by atoms with Gasteiger partial charge in [0.2, 0.25) is 0 Å². The van der Waals surface area contributed by atoms with Crippen LogP contribution in [-0.2, 0) is 17.7 Å². The van der Waals surface area contributed by atoms with Crippen molar-refractivity contribution in [3.05, 3.63) is 35.9 Å². The third kappa shape index (κ3) is 2.26. The summed E-state index contributed by atoms with van der Waals surface area (Å²) in [5.74, 6) is 1.74. The fourth-order valence-electron chi connectivity index (χ4n) is 2.61. The second-order valence-corrected chi connectivity index (χ2v) is 5.00. The molecule has 1 aliphatic rings. The quantitative estimate of drug-likeness (QED) is 0.896. The molecule has 3 rings (SSSR count). The summed E-state index contributed by atoms with van der Waals surface area (Å²) < 4.78 is 7.69. The predicted octanol–water partition coefficient (Wildman–Crippen LogP) is 1.76. The highest BCUT2D eigenvalue weighted by Crippen LogP contribution is 2.19. The normalized spacial score (nSPS) is 20.4. The summed E-state index contributed by atoms with van der Waals surface area (Å²) >= 11 is 0. The fraction of sp³-hybridized carbons (Fsp3) is 0.500. The van der Waals surface area contributed by atoms with E-state index < -0.39 is 0 Å². The van der Waals surface area contributed by atoms with Crippen molar-refractivity contribution in [3.63, 3.8) is 0 Å². The number of pyridine rings is 1. The summed E-state index contributed by atoms with van der Waals surface area (Å²) in [7, 11) is 0. The molecule has 2 N–H and O–H groups in total. The van der Waals surface area contributed by atoms with Crippen LogP contribution in [0.1, 0.15) is 24.2 Å². The molecule has 4 heteroatoms. The first-order chi connectivity index (χ1) is 8.86. The standard InChI is InChI=1S/C14H19N3O/c15-8-11-3-4-17-13(6-11)9-16-14(17)7-12-2-1-5-18-10-12/h3-4,6,9,12H,1-2,5,7-8,10,15H2. The highest BCUT2D eigenvalue weighted by Gasteiger charge is 2.16. The van der Waals surface area contributed by atoms with E-state index in [1.54, 1.807) is 0 Å². The van der Waals surface area contributed by atoms with E-state index in [0.717, 1.165) is 36.5 Å². The maximum Gasteiger partial charge on any atom is 0.113 e. The van der Waals surface area contributed by atoms with Crippen LogP contribution in [0.5, 0.6) is 0 Å². The predicted molar refractivity (Wildman–Crippen MR) is 70.3 cm³/mol. The molecule has 2 aromatic rings. The number of hydrogen-bond acceptors (Lipinski definition) is 3. The Morgan fingerprint density at radius 1 is 1.50 bits per heavy atom. The lowest BCUT2D eigenvalue weighted by Crippen LogP contribution is -2.20. The van der Waals surface area contributed by atoms with Gasteiger partial charge in [-0.15, -0.1) is 0 Å². The zero-order chi connectivity index (χ0) is 12.4. The molecular formula is C14H19N3O. The minimum absolute atomic E-state index is 0.577. The second-order valence-electron chi connectivity index (χ2n) is 5.00. The SMILES string of the molecule is NCc1ccn2c(CC3CCCOC3)ncc2c1. The largest absolute Gasteiger partial charge is 0.381 e. The van der Waals surface area contributed by atoms with Crippen LogP contribution in [0.25, 0.3) is 5.52 Å². The second kappa shape index (κ2) is 5.08. The Kier molecular flexibility index (Phi) is 3.30. The van der Waals surface area contributed by atoms with Crippen molar-refractivity contribution in [1.29, 1.82) is 0 Å². The van der Waals surface area contributed by atoms with Gasteiger partial charge in [-0.25, -0.2) is 4.98 Å². The van der Waals surface area contributed by atoms with Gasteiger partial charge in [0.05, 0.1) is 11.7 Å². The Morgan fingerprint density at radius 2 is 2.44 bits per heavy atom. The van der Waals surface area contributed by atoms with E-state index >= 15 is 0 Å². The maximum atomic E-state index is 5.65. The molecule has 1 fully saturated rings. The van der Waals surface area contributed by atoms with E-state index in [-0.39, 0.29) is 0 Å². The molecule has 0 spiro atoms. The van der Waals surface area contributed by atoms with Crippen LogP contribution in [0.3, 0.4) is 0 Å². The Labute approximate surface area is 107 Å². The molecule has 0 saturated carbocycles. The molecule has 96 valence electrons. The van der Waals surface area contributed by atoms with Crippen LogP contribution in [-0.4, -0.2) is 22.6 Å². The summed E-state index contributed by atoms with van der Waals surface area (Å²) in [6.45, 7) is 2.36. The number of nitrogens with two attached hydrogens (primary N) is 1. The monoisotopic (exact) mass is 245 g/mol. The van der Waals surface area contributed by atoms with Gasteiger partial charge in [0.15, 0.2) is 0 Å². The Bertz CT molecular complexity index is 529. The van der Waals surface area contributed by atoms with Crippen molar-refractivity contribution >= 4 is 5.52 Å². The van der Waals surface area contributed by atoms with Gasteiger partial charge in [0.25, 0.3) is 0 Å². The van der Waals surface area contributed by atoms with Crippen molar-refractivity contribution < 1.29 is 4.74 Å². The van der Waals surface area contributed by atoms with Crippen molar-refractivity contribution in [2.24, 2.45) is 11.7 Å². The molecule has 2 aromatic heterocycles.